The molecule has 10 heteroatoms. The lowest BCUT2D eigenvalue weighted by Crippen LogP contribution is -2.14. The molecule has 30 heavy (non-hydrogen) atoms. The van der Waals surface area contributed by atoms with E-state index in [9.17, 15) is 18.0 Å². The Bertz CT molecular complexity index is 1180. The summed E-state index contributed by atoms with van der Waals surface area (Å²) in [5.74, 6) is -0.670. The zero-order valence-corrected chi connectivity index (χ0v) is 15.3. The van der Waals surface area contributed by atoms with Gasteiger partial charge in [-0.1, -0.05) is 47.6 Å². The van der Waals surface area contributed by atoms with Crippen LogP contribution in [0.25, 0.3) is 28.5 Å². The number of aromatic nitrogens is 4. The Morgan fingerprint density at radius 3 is 2.40 bits per heavy atom. The molecular weight excluding hydrogens is 399 g/mol. The monoisotopic (exact) mass is 413 g/mol. The molecule has 0 radical (unpaired) electrons. The van der Waals surface area contributed by atoms with Gasteiger partial charge in [-0.05, 0) is 17.7 Å². The number of hydrogen-bond donors (Lipinski definition) is 1. The minimum Gasteiger partial charge on any atom is -0.369 e. The van der Waals surface area contributed by atoms with Crippen LogP contribution in [0.3, 0.4) is 0 Å². The van der Waals surface area contributed by atoms with Crippen molar-refractivity contribution in [2.75, 3.05) is 0 Å². The quantitative estimate of drug-likeness (QED) is 0.539. The zero-order chi connectivity index (χ0) is 21.3. The van der Waals surface area contributed by atoms with Gasteiger partial charge in [0, 0.05) is 5.56 Å². The van der Waals surface area contributed by atoms with Crippen molar-refractivity contribution in [3.8, 4) is 28.5 Å². The molecule has 2 heterocycles. The molecular formula is C20H14F3N5O2. The Morgan fingerprint density at radius 1 is 1.07 bits per heavy atom. The third-order valence-corrected chi connectivity index (χ3v) is 4.29. The van der Waals surface area contributed by atoms with Crippen LogP contribution in [0.1, 0.15) is 11.3 Å². The summed E-state index contributed by atoms with van der Waals surface area (Å²) in [6.45, 7) is 0. The number of primary amides is 1. The summed E-state index contributed by atoms with van der Waals surface area (Å²) >= 11 is 0. The lowest BCUT2D eigenvalue weighted by molar-refractivity contribution is -0.142. The van der Waals surface area contributed by atoms with Crippen molar-refractivity contribution in [2.24, 2.45) is 5.73 Å². The molecule has 0 aliphatic carbocycles. The lowest BCUT2D eigenvalue weighted by atomic mass is 10.1. The summed E-state index contributed by atoms with van der Waals surface area (Å²) in [6.07, 6.45) is -3.58. The first-order valence-electron chi connectivity index (χ1n) is 8.75. The first-order valence-corrected chi connectivity index (χ1v) is 8.75. The van der Waals surface area contributed by atoms with Crippen molar-refractivity contribution in [1.82, 2.24) is 19.9 Å². The van der Waals surface area contributed by atoms with Crippen LogP contribution in [-0.4, -0.2) is 25.8 Å². The Balaban J connectivity index is 1.72. The number of nitrogens with zero attached hydrogens (tertiary/aromatic N) is 4. The van der Waals surface area contributed by atoms with E-state index >= 15 is 0 Å². The molecule has 0 spiro atoms. The molecule has 4 aromatic rings. The van der Waals surface area contributed by atoms with Crippen LogP contribution in [-0.2, 0) is 17.4 Å². The van der Waals surface area contributed by atoms with E-state index < -0.39 is 17.8 Å². The van der Waals surface area contributed by atoms with Crippen LogP contribution in [0, 0.1) is 0 Å². The second-order valence-electron chi connectivity index (χ2n) is 6.42. The van der Waals surface area contributed by atoms with E-state index in [0.29, 0.717) is 11.1 Å². The smallest absolute Gasteiger partial charge is 0.369 e. The van der Waals surface area contributed by atoms with E-state index in [2.05, 4.69) is 15.2 Å². The molecule has 152 valence electrons. The largest absolute Gasteiger partial charge is 0.434 e. The van der Waals surface area contributed by atoms with Crippen LogP contribution in [0.4, 0.5) is 13.2 Å². The molecule has 0 fully saturated rings. The van der Waals surface area contributed by atoms with Crippen molar-refractivity contribution >= 4 is 5.91 Å². The number of benzene rings is 2. The number of carbonyl (C=O) groups is 1. The first-order chi connectivity index (χ1) is 14.3. The SMILES string of the molecule is NC(=O)Cc1ccc(-c2noc(-c3cnn(-c4ccccc4)c3C(F)(F)F)n2)cc1. The molecule has 2 aromatic heterocycles. The Hall–Kier alpha value is -3.95. The minimum absolute atomic E-state index is 0.0748. The summed E-state index contributed by atoms with van der Waals surface area (Å²) in [7, 11) is 0. The molecule has 7 nitrogen and oxygen atoms in total. The van der Waals surface area contributed by atoms with Crippen molar-refractivity contribution in [2.45, 2.75) is 12.6 Å². The molecule has 0 atom stereocenters. The molecule has 0 unspecified atom stereocenters. The highest BCUT2D eigenvalue weighted by Crippen LogP contribution is 2.38. The van der Waals surface area contributed by atoms with Crippen LogP contribution in [0.2, 0.25) is 0 Å². The normalized spacial score (nSPS) is 11.6. The maximum atomic E-state index is 13.8. The Morgan fingerprint density at radius 2 is 1.77 bits per heavy atom. The topological polar surface area (TPSA) is 99.8 Å². The van der Waals surface area contributed by atoms with Gasteiger partial charge in [-0.2, -0.15) is 23.3 Å². The van der Waals surface area contributed by atoms with E-state index in [1.54, 1.807) is 42.5 Å². The van der Waals surface area contributed by atoms with E-state index in [4.69, 9.17) is 10.3 Å². The van der Waals surface area contributed by atoms with Crippen LogP contribution >= 0.6 is 0 Å². The molecule has 0 aliphatic rings. The molecule has 0 bridgehead atoms. The number of nitrogens with two attached hydrogens (primary N) is 1. The van der Waals surface area contributed by atoms with Crippen LogP contribution in [0.15, 0.2) is 65.3 Å². The van der Waals surface area contributed by atoms with Crippen LogP contribution < -0.4 is 5.73 Å². The second kappa shape index (κ2) is 7.47. The van der Waals surface area contributed by atoms with Crippen molar-refractivity contribution < 1.29 is 22.5 Å². The third kappa shape index (κ3) is 3.79. The summed E-state index contributed by atoms with van der Waals surface area (Å²) in [5.41, 5.74) is 5.28. The number of carbonyl (C=O) groups excluding carboxylic acids is 1. The molecule has 0 saturated carbocycles. The average molecular weight is 413 g/mol. The van der Waals surface area contributed by atoms with E-state index in [0.717, 1.165) is 10.9 Å². The predicted molar refractivity (Wildman–Crippen MR) is 100 cm³/mol. The standard InChI is InChI=1S/C20H14F3N5O2/c21-20(22,23)17-15(11-25-28(17)14-4-2-1-3-5-14)19-26-18(27-30-19)13-8-6-12(7-9-13)10-16(24)29/h1-9,11H,10H2,(H2,24,29). The van der Waals surface area contributed by atoms with Gasteiger partial charge in [0.05, 0.1) is 23.9 Å². The number of hydrogen-bond acceptors (Lipinski definition) is 5. The predicted octanol–water partition coefficient (Wildman–Crippen LogP) is 3.64. The third-order valence-electron chi connectivity index (χ3n) is 4.29. The summed E-state index contributed by atoms with van der Waals surface area (Å²) in [6, 6.07) is 14.5. The van der Waals surface area contributed by atoms with Gasteiger partial charge in [0.2, 0.25) is 11.7 Å². The number of amides is 1. The van der Waals surface area contributed by atoms with Gasteiger partial charge in [-0.15, -0.1) is 0 Å². The van der Waals surface area contributed by atoms with Gasteiger partial charge >= 0.3 is 6.18 Å². The summed E-state index contributed by atoms with van der Waals surface area (Å²) < 4.78 is 47.3. The molecule has 0 aliphatic heterocycles. The lowest BCUT2D eigenvalue weighted by Gasteiger charge is -2.11. The van der Waals surface area contributed by atoms with E-state index in [1.165, 1.54) is 12.1 Å². The molecule has 1 amide bonds. The number of para-hydroxylation sites is 1. The maximum Gasteiger partial charge on any atom is 0.434 e. The van der Waals surface area contributed by atoms with Gasteiger partial charge in [-0.25, -0.2) is 4.68 Å². The molecule has 2 N–H and O–H groups in total. The molecule has 0 saturated heterocycles. The average Bonchev–Trinajstić information content (AvgIpc) is 3.36. The number of alkyl halides is 3. The second-order valence-corrected chi connectivity index (χ2v) is 6.42. The molecule has 4 rings (SSSR count). The van der Waals surface area contributed by atoms with Crippen molar-refractivity contribution in [1.29, 1.82) is 0 Å². The van der Waals surface area contributed by atoms with Gasteiger partial charge in [0.15, 0.2) is 5.69 Å². The van der Waals surface area contributed by atoms with E-state index in [-0.39, 0.29) is 29.4 Å². The van der Waals surface area contributed by atoms with E-state index in [1.807, 2.05) is 0 Å². The van der Waals surface area contributed by atoms with Gasteiger partial charge < -0.3 is 10.3 Å². The van der Waals surface area contributed by atoms with Crippen molar-refractivity contribution in [3.63, 3.8) is 0 Å². The zero-order valence-electron chi connectivity index (χ0n) is 15.3. The fraction of sp³-hybridized carbons (Fsp3) is 0.100. The van der Waals surface area contributed by atoms with Gasteiger partial charge in [0.1, 0.15) is 0 Å². The highest BCUT2D eigenvalue weighted by molar-refractivity contribution is 5.76. The summed E-state index contributed by atoms with van der Waals surface area (Å²) in [4.78, 5) is 15.1. The number of halogens is 3. The van der Waals surface area contributed by atoms with Crippen molar-refractivity contribution in [3.05, 3.63) is 72.1 Å². The summed E-state index contributed by atoms with van der Waals surface area (Å²) in [5, 5.41) is 7.65. The fourth-order valence-corrected chi connectivity index (χ4v) is 2.97. The number of rotatable bonds is 5. The Labute approximate surface area is 167 Å². The van der Waals surface area contributed by atoms with Gasteiger partial charge in [-0.3, -0.25) is 4.79 Å². The van der Waals surface area contributed by atoms with Crippen LogP contribution in [0.5, 0.6) is 0 Å². The highest BCUT2D eigenvalue weighted by Gasteiger charge is 2.40. The molecule has 2 aromatic carbocycles. The Kier molecular flexibility index (Phi) is 4.82. The highest BCUT2D eigenvalue weighted by atomic mass is 19.4. The minimum atomic E-state index is -4.70. The fourth-order valence-electron chi connectivity index (χ4n) is 2.97. The maximum absolute atomic E-state index is 13.8. The first kappa shape index (κ1) is 19.4. The van der Waals surface area contributed by atoms with Gasteiger partial charge in [0.25, 0.3) is 5.89 Å².